The van der Waals surface area contributed by atoms with Gasteiger partial charge in [0.05, 0.1) is 11.6 Å². The molecule has 0 radical (unpaired) electrons. The molecule has 0 aromatic heterocycles. The first-order chi connectivity index (χ1) is 11.9. The lowest BCUT2D eigenvalue weighted by Crippen LogP contribution is -2.60. The first-order valence-corrected chi connectivity index (χ1v) is 9.40. The topological polar surface area (TPSA) is 32.8 Å². The highest BCUT2D eigenvalue weighted by atomic mass is 35.5. The first kappa shape index (κ1) is 18.6. The summed E-state index contributed by atoms with van der Waals surface area (Å²) in [5.41, 5.74) is 0.202. The summed E-state index contributed by atoms with van der Waals surface area (Å²) >= 11 is 5.89. The van der Waals surface area contributed by atoms with Gasteiger partial charge in [-0.25, -0.2) is 4.39 Å². The number of likely N-dealkylation sites (tertiary alicyclic amines) is 1. The maximum atomic E-state index is 13.4. The number of morpholine rings is 1. The Balaban J connectivity index is 1.76. The predicted octanol–water partition coefficient (Wildman–Crippen LogP) is 3.47. The second-order valence-electron chi connectivity index (χ2n) is 7.35. The van der Waals surface area contributed by atoms with Crippen molar-refractivity contribution in [2.45, 2.75) is 51.3 Å². The molecule has 1 spiro atoms. The van der Waals surface area contributed by atoms with E-state index < -0.39 is 11.4 Å². The van der Waals surface area contributed by atoms with Gasteiger partial charge in [0.1, 0.15) is 5.82 Å². The molecule has 0 bridgehead atoms. The number of carbonyl (C=O) groups excluding carboxylic acids is 1. The fourth-order valence-electron chi connectivity index (χ4n) is 3.82. The SMILES string of the molecule is CC(C)N1CCCCC2(CN(Cc3ccc(F)c(Cl)c3)CCO2)C1=O. The van der Waals surface area contributed by atoms with Crippen LogP contribution in [0.4, 0.5) is 4.39 Å². The van der Waals surface area contributed by atoms with Crippen molar-refractivity contribution in [1.82, 2.24) is 9.80 Å². The normalized spacial score (nSPS) is 25.6. The highest BCUT2D eigenvalue weighted by Gasteiger charge is 2.47. The van der Waals surface area contributed by atoms with Crippen LogP contribution < -0.4 is 0 Å². The van der Waals surface area contributed by atoms with Crippen molar-refractivity contribution in [3.63, 3.8) is 0 Å². The van der Waals surface area contributed by atoms with E-state index in [0.29, 0.717) is 19.7 Å². The summed E-state index contributed by atoms with van der Waals surface area (Å²) in [6.07, 6.45) is 2.77. The van der Waals surface area contributed by atoms with Gasteiger partial charge in [0, 0.05) is 32.2 Å². The van der Waals surface area contributed by atoms with Gasteiger partial charge in [-0.15, -0.1) is 0 Å². The van der Waals surface area contributed by atoms with Crippen LogP contribution in [-0.2, 0) is 16.1 Å². The summed E-state index contributed by atoms with van der Waals surface area (Å²) in [5, 5.41) is 0.136. The summed E-state index contributed by atoms with van der Waals surface area (Å²) in [5.74, 6) is -0.294. The standard InChI is InChI=1S/C19H26ClFN2O2/c1-14(2)23-8-4-3-7-19(18(23)24)13-22(9-10-25-19)12-15-5-6-17(21)16(20)11-15/h5-6,11,14H,3-4,7-10,12-13H2,1-2H3. The molecule has 2 saturated heterocycles. The van der Waals surface area contributed by atoms with E-state index in [4.69, 9.17) is 16.3 Å². The van der Waals surface area contributed by atoms with Crippen molar-refractivity contribution >= 4 is 17.5 Å². The summed E-state index contributed by atoms with van der Waals surface area (Å²) < 4.78 is 19.4. The monoisotopic (exact) mass is 368 g/mol. The Morgan fingerprint density at radius 3 is 2.84 bits per heavy atom. The molecule has 1 amide bonds. The minimum Gasteiger partial charge on any atom is -0.362 e. The van der Waals surface area contributed by atoms with Gasteiger partial charge in [-0.3, -0.25) is 9.69 Å². The fourth-order valence-corrected chi connectivity index (χ4v) is 4.03. The van der Waals surface area contributed by atoms with Crippen LogP contribution in [0.25, 0.3) is 0 Å². The molecule has 3 rings (SSSR count). The number of carbonyl (C=O) groups is 1. The maximum Gasteiger partial charge on any atom is 0.256 e. The van der Waals surface area contributed by atoms with Crippen LogP contribution >= 0.6 is 11.6 Å². The highest BCUT2D eigenvalue weighted by Crippen LogP contribution is 2.31. The largest absolute Gasteiger partial charge is 0.362 e. The van der Waals surface area contributed by atoms with E-state index in [2.05, 4.69) is 18.7 Å². The Hall–Kier alpha value is -1.17. The smallest absolute Gasteiger partial charge is 0.256 e. The molecule has 1 atom stereocenters. The van der Waals surface area contributed by atoms with Gasteiger partial charge in [-0.05, 0) is 50.8 Å². The van der Waals surface area contributed by atoms with E-state index in [1.807, 2.05) is 4.90 Å². The summed E-state index contributed by atoms with van der Waals surface area (Å²) in [4.78, 5) is 17.3. The van der Waals surface area contributed by atoms with Gasteiger partial charge >= 0.3 is 0 Å². The molecule has 2 aliphatic heterocycles. The van der Waals surface area contributed by atoms with Gasteiger partial charge in [-0.1, -0.05) is 17.7 Å². The van der Waals surface area contributed by atoms with Crippen LogP contribution in [0, 0.1) is 5.82 Å². The molecule has 1 aromatic carbocycles. The van der Waals surface area contributed by atoms with Crippen LogP contribution in [-0.4, -0.2) is 53.6 Å². The van der Waals surface area contributed by atoms with Crippen molar-refractivity contribution < 1.29 is 13.9 Å². The molecule has 1 aromatic rings. The van der Waals surface area contributed by atoms with Crippen molar-refractivity contribution in [1.29, 1.82) is 0 Å². The third-order valence-electron chi connectivity index (χ3n) is 5.16. The second kappa shape index (κ2) is 7.60. The number of amides is 1. The first-order valence-electron chi connectivity index (χ1n) is 9.02. The number of hydrogen-bond acceptors (Lipinski definition) is 3. The maximum absolute atomic E-state index is 13.4. The van der Waals surface area contributed by atoms with E-state index in [1.54, 1.807) is 12.1 Å². The van der Waals surface area contributed by atoms with Crippen LogP contribution in [0.2, 0.25) is 5.02 Å². The van der Waals surface area contributed by atoms with Crippen molar-refractivity contribution in [2.75, 3.05) is 26.2 Å². The van der Waals surface area contributed by atoms with Crippen molar-refractivity contribution in [2.24, 2.45) is 0 Å². The van der Waals surface area contributed by atoms with Gasteiger partial charge in [0.25, 0.3) is 5.91 Å². The average Bonchev–Trinajstić information content (AvgIpc) is 2.72. The summed E-state index contributed by atoms with van der Waals surface area (Å²) in [6.45, 7) is 7.41. The molecule has 4 nitrogen and oxygen atoms in total. The van der Waals surface area contributed by atoms with Crippen molar-refractivity contribution in [3.8, 4) is 0 Å². The zero-order valence-electron chi connectivity index (χ0n) is 14.9. The average molecular weight is 369 g/mol. The number of halogens is 2. The molecule has 138 valence electrons. The predicted molar refractivity (Wildman–Crippen MR) is 96.1 cm³/mol. The quantitative estimate of drug-likeness (QED) is 0.819. The minimum absolute atomic E-state index is 0.113. The lowest BCUT2D eigenvalue weighted by atomic mass is 9.93. The van der Waals surface area contributed by atoms with Gasteiger partial charge in [-0.2, -0.15) is 0 Å². The van der Waals surface area contributed by atoms with E-state index in [0.717, 1.165) is 37.9 Å². The van der Waals surface area contributed by atoms with Crippen LogP contribution in [0.5, 0.6) is 0 Å². The Kier molecular flexibility index (Phi) is 5.66. The van der Waals surface area contributed by atoms with Crippen LogP contribution in [0.15, 0.2) is 18.2 Å². The zero-order valence-corrected chi connectivity index (χ0v) is 15.7. The highest BCUT2D eigenvalue weighted by molar-refractivity contribution is 6.30. The van der Waals surface area contributed by atoms with Gasteiger partial charge in [0.2, 0.25) is 0 Å². The Labute approximate surface area is 153 Å². The minimum atomic E-state index is -0.747. The number of benzene rings is 1. The van der Waals surface area contributed by atoms with E-state index in [9.17, 15) is 9.18 Å². The van der Waals surface area contributed by atoms with E-state index in [1.165, 1.54) is 6.07 Å². The second-order valence-corrected chi connectivity index (χ2v) is 7.76. The molecule has 1 unspecified atom stereocenters. The lowest BCUT2D eigenvalue weighted by Gasteiger charge is -2.43. The summed E-state index contributed by atoms with van der Waals surface area (Å²) in [7, 11) is 0. The molecule has 25 heavy (non-hydrogen) atoms. The van der Waals surface area contributed by atoms with Crippen LogP contribution in [0.1, 0.15) is 38.7 Å². The number of ether oxygens (including phenoxy) is 1. The van der Waals surface area contributed by atoms with Gasteiger partial charge < -0.3 is 9.64 Å². The van der Waals surface area contributed by atoms with E-state index in [-0.39, 0.29) is 17.0 Å². The molecule has 2 fully saturated rings. The van der Waals surface area contributed by atoms with E-state index >= 15 is 0 Å². The molecule has 2 aliphatic rings. The zero-order chi connectivity index (χ0) is 18.0. The third kappa shape index (κ3) is 3.99. The Bertz CT molecular complexity index is 640. The lowest BCUT2D eigenvalue weighted by molar-refractivity contribution is -0.172. The Morgan fingerprint density at radius 1 is 1.32 bits per heavy atom. The molecular formula is C19H26ClFN2O2. The molecule has 6 heteroatoms. The molecule has 0 aliphatic carbocycles. The third-order valence-corrected chi connectivity index (χ3v) is 5.45. The summed E-state index contributed by atoms with van der Waals surface area (Å²) in [6, 6.07) is 4.98. The van der Waals surface area contributed by atoms with Crippen molar-refractivity contribution in [3.05, 3.63) is 34.6 Å². The number of nitrogens with zero attached hydrogens (tertiary/aromatic N) is 2. The Morgan fingerprint density at radius 2 is 2.12 bits per heavy atom. The van der Waals surface area contributed by atoms with Crippen LogP contribution in [0.3, 0.4) is 0 Å². The number of hydrogen-bond donors (Lipinski definition) is 0. The molecular weight excluding hydrogens is 343 g/mol. The molecule has 0 saturated carbocycles. The molecule has 0 N–H and O–H groups in total. The molecule has 2 heterocycles. The van der Waals surface area contributed by atoms with Gasteiger partial charge in [0.15, 0.2) is 5.60 Å². The fraction of sp³-hybridized carbons (Fsp3) is 0.632. The number of rotatable bonds is 3.